The van der Waals surface area contributed by atoms with E-state index in [1.807, 2.05) is 0 Å². The van der Waals surface area contributed by atoms with Crippen molar-refractivity contribution >= 4 is 17.9 Å². The number of phenols is 2. The number of hydrogen-bond acceptors (Lipinski definition) is 17. The van der Waals surface area contributed by atoms with Gasteiger partial charge in [-0.05, 0) is 80.2 Å². The van der Waals surface area contributed by atoms with E-state index in [1.54, 1.807) is 6.07 Å². The molecule has 13 N–H and O–H groups in total. The first-order valence-corrected chi connectivity index (χ1v) is 18.4. The molecule has 0 spiro atoms. The molecule has 10 atom stereocenters. The fourth-order valence-electron chi connectivity index (χ4n) is 5.86. The molecule has 0 radical (unpaired) electrons. The Bertz CT molecular complexity index is 1580. The van der Waals surface area contributed by atoms with Crippen LogP contribution in [0.3, 0.4) is 0 Å². The Hall–Kier alpha value is -4.12. The summed E-state index contributed by atoms with van der Waals surface area (Å²) in [7, 11) is 0. The molecule has 2 aliphatic heterocycles. The van der Waals surface area contributed by atoms with Crippen molar-refractivity contribution in [3.05, 3.63) is 53.6 Å². The normalized spacial score (nSPS) is 27.9. The number of aryl methyl sites for hydroxylation is 1. The number of carbonyl (C=O) groups excluding carboxylic acids is 2. The molecule has 2 amide bonds. The first-order valence-electron chi connectivity index (χ1n) is 18.4. The SMILES string of the molecule is O=C(/C=C\c1ccc(O)c(O[C@@H]2O[C@H](CO)[C@@H](O)[C@H](O)[C@H]2O)c1)NCCCNCCCCNC(=O)CCc1ccc(O[C@@H]2O[C@H](CO)[C@@H](O)[C@H](O)[C@H]2O)c(O)c1. The highest BCUT2D eigenvalue weighted by Gasteiger charge is 2.46. The van der Waals surface area contributed by atoms with Gasteiger partial charge in [0.05, 0.1) is 13.2 Å². The molecule has 0 aromatic heterocycles. The molecule has 2 heterocycles. The highest BCUT2D eigenvalue weighted by atomic mass is 16.7. The second-order valence-corrected chi connectivity index (χ2v) is 13.4. The molecule has 2 saturated heterocycles. The highest BCUT2D eigenvalue weighted by Crippen LogP contribution is 2.33. The van der Waals surface area contributed by atoms with Gasteiger partial charge in [-0.25, -0.2) is 0 Å². The lowest BCUT2D eigenvalue weighted by atomic mass is 9.99. The zero-order valence-corrected chi connectivity index (χ0v) is 30.6. The average molecular weight is 796 g/mol. The van der Waals surface area contributed by atoms with Gasteiger partial charge in [-0.2, -0.15) is 0 Å². The molecule has 2 aliphatic rings. The Kier molecular flexibility index (Phi) is 17.5. The van der Waals surface area contributed by atoms with E-state index in [0.717, 1.165) is 19.4 Å². The van der Waals surface area contributed by atoms with Crippen LogP contribution in [0.1, 0.15) is 36.8 Å². The number of unbranched alkanes of at least 4 members (excludes halogenated alkanes) is 1. The number of benzene rings is 2. The van der Waals surface area contributed by atoms with E-state index in [4.69, 9.17) is 18.9 Å². The average Bonchev–Trinajstić information content (AvgIpc) is 3.19. The molecular formula is C37H53N3O16. The lowest BCUT2D eigenvalue weighted by Gasteiger charge is -2.39. The molecule has 0 aliphatic carbocycles. The number of aliphatic hydroxyl groups is 8. The summed E-state index contributed by atoms with van der Waals surface area (Å²) < 4.78 is 21.6. The van der Waals surface area contributed by atoms with E-state index >= 15 is 0 Å². The van der Waals surface area contributed by atoms with E-state index in [0.29, 0.717) is 43.6 Å². The lowest BCUT2D eigenvalue weighted by Crippen LogP contribution is -2.60. The van der Waals surface area contributed by atoms with Gasteiger partial charge in [-0.1, -0.05) is 12.1 Å². The van der Waals surface area contributed by atoms with Crippen LogP contribution in [0.4, 0.5) is 0 Å². The lowest BCUT2D eigenvalue weighted by molar-refractivity contribution is -0.277. The van der Waals surface area contributed by atoms with Gasteiger partial charge in [-0.3, -0.25) is 9.59 Å². The van der Waals surface area contributed by atoms with Crippen molar-refractivity contribution in [3.8, 4) is 23.0 Å². The maximum absolute atomic E-state index is 12.3. The minimum Gasteiger partial charge on any atom is -0.504 e. The number of aromatic hydroxyl groups is 2. The summed E-state index contributed by atoms with van der Waals surface area (Å²) in [6.45, 7) is 1.03. The van der Waals surface area contributed by atoms with Gasteiger partial charge in [-0.15, -0.1) is 0 Å². The standard InChI is InChI=1S/C37H53N3O16/c41-18-26-30(47)32(49)34(51)36(55-26)53-24-9-5-20(16-23(24)44)6-10-28(45)39-14-2-1-12-38-13-3-15-40-29(46)11-7-21-4-8-22(43)25(17-21)54-37-35(52)33(50)31(48)27(19-42)56-37/h4-5,7-9,11,16-17,26-27,30-38,41-44,47-52H,1-3,6,10,12-15,18-19H2,(H,39,45)(H,40,46)/b11-7-/t26-,27-,30-,31-,32+,33+,34-,35-,36-,37-/m1/s1. The number of amides is 2. The first-order chi connectivity index (χ1) is 26.8. The zero-order valence-electron chi connectivity index (χ0n) is 30.6. The molecular weight excluding hydrogens is 742 g/mol. The fraction of sp³-hybridized carbons (Fsp3) is 0.568. The summed E-state index contributed by atoms with van der Waals surface area (Å²) in [5, 5.41) is 108. The molecule has 0 saturated carbocycles. The third-order valence-corrected chi connectivity index (χ3v) is 9.19. The van der Waals surface area contributed by atoms with Crippen LogP contribution in [0.15, 0.2) is 42.5 Å². The van der Waals surface area contributed by atoms with Crippen molar-refractivity contribution in [2.45, 2.75) is 93.5 Å². The maximum Gasteiger partial charge on any atom is 0.243 e. The summed E-state index contributed by atoms with van der Waals surface area (Å²) in [5.41, 5.74) is 1.13. The number of hydrogen-bond donors (Lipinski definition) is 13. The number of nitrogens with one attached hydrogen (secondary N) is 3. The van der Waals surface area contributed by atoms with E-state index in [-0.39, 0.29) is 41.2 Å². The highest BCUT2D eigenvalue weighted by molar-refractivity contribution is 5.91. The molecule has 312 valence electrons. The van der Waals surface area contributed by atoms with Gasteiger partial charge in [0.2, 0.25) is 24.4 Å². The minimum atomic E-state index is -1.66. The van der Waals surface area contributed by atoms with Crippen molar-refractivity contribution in [2.75, 3.05) is 39.4 Å². The molecule has 0 unspecified atom stereocenters. The van der Waals surface area contributed by atoms with Gasteiger partial charge in [0.25, 0.3) is 0 Å². The zero-order chi connectivity index (χ0) is 40.8. The fourth-order valence-corrected chi connectivity index (χ4v) is 5.86. The maximum atomic E-state index is 12.3. The summed E-state index contributed by atoms with van der Waals surface area (Å²) in [4.78, 5) is 24.6. The summed E-state index contributed by atoms with van der Waals surface area (Å²) >= 11 is 0. The molecule has 2 fully saturated rings. The summed E-state index contributed by atoms with van der Waals surface area (Å²) in [6.07, 6.45) is -9.35. The van der Waals surface area contributed by atoms with Crippen LogP contribution in [-0.2, 0) is 25.5 Å². The largest absolute Gasteiger partial charge is 0.504 e. The second-order valence-electron chi connectivity index (χ2n) is 13.4. The smallest absolute Gasteiger partial charge is 0.243 e. The topological polar surface area (TPSA) is 309 Å². The Balaban J connectivity index is 1.04. The molecule has 2 aromatic carbocycles. The number of rotatable bonds is 20. The predicted octanol–water partition coefficient (Wildman–Crippen LogP) is -2.91. The van der Waals surface area contributed by atoms with Crippen molar-refractivity contribution in [1.82, 2.24) is 16.0 Å². The van der Waals surface area contributed by atoms with E-state index < -0.39 is 74.6 Å². The van der Waals surface area contributed by atoms with E-state index in [9.17, 15) is 60.7 Å². The number of ether oxygens (including phenoxy) is 4. The van der Waals surface area contributed by atoms with Crippen LogP contribution in [-0.4, -0.2) is 164 Å². The van der Waals surface area contributed by atoms with Crippen LogP contribution in [0.5, 0.6) is 23.0 Å². The van der Waals surface area contributed by atoms with Crippen molar-refractivity contribution in [3.63, 3.8) is 0 Å². The molecule has 4 rings (SSSR count). The third kappa shape index (κ3) is 12.7. The Morgan fingerprint density at radius 1 is 0.661 bits per heavy atom. The van der Waals surface area contributed by atoms with Gasteiger partial charge in [0.15, 0.2) is 23.0 Å². The van der Waals surface area contributed by atoms with Gasteiger partial charge in [0.1, 0.15) is 48.8 Å². The summed E-state index contributed by atoms with van der Waals surface area (Å²) in [5.74, 6) is -1.25. The minimum absolute atomic E-state index is 0.0522. The van der Waals surface area contributed by atoms with Gasteiger partial charge >= 0.3 is 0 Å². The quantitative estimate of drug-likeness (QED) is 0.0472. The molecule has 19 nitrogen and oxygen atoms in total. The number of phenolic OH excluding ortho intramolecular Hbond substituents is 2. The second kappa shape index (κ2) is 22.0. The molecule has 19 heteroatoms. The Morgan fingerprint density at radius 2 is 1.25 bits per heavy atom. The van der Waals surface area contributed by atoms with Crippen molar-refractivity contribution in [2.24, 2.45) is 0 Å². The summed E-state index contributed by atoms with van der Waals surface area (Å²) in [6, 6.07) is 8.69. The van der Waals surface area contributed by atoms with Crippen molar-refractivity contribution < 1.29 is 79.6 Å². The van der Waals surface area contributed by atoms with E-state index in [1.165, 1.54) is 42.5 Å². The Morgan fingerprint density at radius 3 is 1.88 bits per heavy atom. The molecule has 56 heavy (non-hydrogen) atoms. The van der Waals surface area contributed by atoms with Crippen LogP contribution in [0.2, 0.25) is 0 Å². The van der Waals surface area contributed by atoms with Crippen LogP contribution < -0.4 is 25.4 Å². The molecule has 0 bridgehead atoms. The van der Waals surface area contributed by atoms with Crippen LogP contribution in [0, 0.1) is 0 Å². The van der Waals surface area contributed by atoms with Gasteiger partial charge < -0.3 is 86.0 Å². The van der Waals surface area contributed by atoms with E-state index in [2.05, 4.69) is 16.0 Å². The predicted molar refractivity (Wildman–Crippen MR) is 195 cm³/mol. The van der Waals surface area contributed by atoms with Crippen molar-refractivity contribution in [1.29, 1.82) is 0 Å². The van der Waals surface area contributed by atoms with Crippen LogP contribution in [0.25, 0.3) is 6.08 Å². The number of carbonyl (C=O) groups is 2. The number of aliphatic hydroxyl groups excluding tert-OH is 8. The first kappa shape index (κ1) is 44.6. The Labute approximate surface area is 322 Å². The van der Waals surface area contributed by atoms with Crippen LogP contribution >= 0.6 is 0 Å². The third-order valence-electron chi connectivity index (χ3n) is 9.19. The monoisotopic (exact) mass is 795 g/mol. The molecule has 2 aromatic rings. The van der Waals surface area contributed by atoms with Gasteiger partial charge in [0, 0.05) is 25.6 Å².